The van der Waals surface area contributed by atoms with Crippen LogP contribution in [0, 0.1) is 0 Å². The van der Waals surface area contributed by atoms with E-state index in [0.717, 1.165) is 18.5 Å². The molecule has 0 aliphatic rings. The lowest BCUT2D eigenvalue weighted by atomic mass is 10.3. The van der Waals surface area contributed by atoms with Crippen LogP contribution in [0.1, 0.15) is 5.69 Å². The fourth-order valence-corrected chi connectivity index (χ4v) is 0.854. The Morgan fingerprint density at radius 2 is 2.38 bits per heavy atom. The summed E-state index contributed by atoms with van der Waals surface area (Å²) in [7, 11) is 0. The van der Waals surface area contributed by atoms with E-state index in [9.17, 15) is 14.8 Å². The first-order valence-electron chi connectivity index (χ1n) is 4.09. The third kappa shape index (κ3) is 3.01. The number of oxime groups is 1. The molecule has 0 fully saturated rings. The molecule has 0 aliphatic heterocycles. The van der Waals surface area contributed by atoms with Crippen LogP contribution in [0.15, 0.2) is 22.2 Å². The van der Waals surface area contributed by atoms with Crippen molar-refractivity contribution >= 4 is 12.1 Å². The molecule has 1 aromatic heterocycles. The predicted molar refractivity (Wildman–Crippen MR) is 52.0 cm³/mol. The van der Waals surface area contributed by atoms with Crippen molar-refractivity contribution in [2.75, 3.05) is 0 Å². The molecule has 86 valence electrons. The van der Waals surface area contributed by atoms with E-state index in [0.29, 0.717) is 4.73 Å². The summed E-state index contributed by atoms with van der Waals surface area (Å²) in [6.07, 6.45) is 1.55. The van der Waals surface area contributed by atoms with Gasteiger partial charge in [-0.15, -0.1) is 0 Å². The van der Waals surface area contributed by atoms with Crippen LogP contribution < -0.4 is 11.2 Å². The molecule has 0 saturated heterocycles. The van der Waals surface area contributed by atoms with E-state index >= 15 is 0 Å². The molecule has 0 atom stereocenters. The van der Waals surface area contributed by atoms with Crippen molar-refractivity contribution < 1.29 is 19.9 Å². The van der Waals surface area contributed by atoms with Crippen LogP contribution >= 0.6 is 0 Å². The molecule has 1 amide bonds. The second-order valence-corrected chi connectivity index (χ2v) is 2.77. The molecule has 0 radical (unpaired) electrons. The van der Waals surface area contributed by atoms with Crippen molar-refractivity contribution in [2.45, 2.75) is 6.61 Å². The fourth-order valence-electron chi connectivity index (χ4n) is 0.854. The van der Waals surface area contributed by atoms with Crippen LogP contribution in [0.2, 0.25) is 0 Å². The lowest BCUT2D eigenvalue weighted by Gasteiger charge is -2.05. The normalized spacial score (nSPS) is 10.5. The molecular formula is C8H9N3O5. The van der Waals surface area contributed by atoms with Gasteiger partial charge in [-0.1, -0.05) is 5.16 Å². The minimum Gasteiger partial charge on any atom is -0.503 e. The average molecular weight is 227 g/mol. The highest BCUT2D eigenvalue weighted by molar-refractivity contribution is 6.25. The number of aromatic hydroxyl groups is 1. The van der Waals surface area contributed by atoms with Gasteiger partial charge in [-0.05, 0) is 0 Å². The number of nitrogens with zero attached hydrogens (tertiary/aromatic N) is 2. The minimum atomic E-state index is -0.785. The molecule has 8 heteroatoms. The summed E-state index contributed by atoms with van der Waals surface area (Å²) in [5, 5.41) is 21.3. The minimum absolute atomic E-state index is 0.0596. The first kappa shape index (κ1) is 11.6. The van der Waals surface area contributed by atoms with Gasteiger partial charge in [0.25, 0.3) is 5.91 Å². The van der Waals surface area contributed by atoms with E-state index in [4.69, 9.17) is 10.8 Å². The molecule has 16 heavy (non-hydrogen) atoms. The summed E-state index contributed by atoms with van der Waals surface area (Å²) in [4.78, 5) is 25.8. The predicted octanol–water partition coefficient (Wildman–Crippen LogP) is -1.22. The molecule has 1 rings (SSSR count). The molecule has 0 saturated carbocycles. The van der Waals surface area contributed by atoms with Gasteiger partial charge in [0.1, 0.15) is 11.9 Å². The Hall–Kier alpha value is -2.51. The zero-order valence-electron chi connectivity index (χ0n) is 8.03. The van der Waals surface area contributed by atoms with Crippen molar-refractivity contribution in [1.82, 2.24) is 4.73 Å². The van der Waals surface area contributed by atoms with Gasteiger partial charge in [-0.2, -0.15) is 4.73 Å². The summed E-state index contributed by atoms with van der Waals surface area (Å²) < 4.78 is 0.510. The van der Waals surface area contributed by atoms with Gasteiger partial charge in [0, 0.05) is 6.07 Å². The third-order valence-corrected chi connectivity index (χ3v) is 1.56. The number of hydrogen-bond acceptors (Lipinski definition) is 6. The maximum absolute atomic E-state index is 11.0. The maximum Gasteiger partial charge on any atom is 0.263 e. The second-order valence-electron chi connectivity index (χ2n) is 2.77. The zero-order chi connectivity index (χ0) is 12.1. The zero-order valence-corrected chi connectivity index (χ0v) is 8.03. The number of carbonyl (C=O) groups is 1. The van der Waals surface area contributed by atoms with E-state index < -0.39 is 17.1 Å². The Labute approximate surface area is 89.1 Å². The SMILES string of the molecule is NC(=O)/C=N\OCc1cc(=O)c(O)cn1O. The summed E-state index contributed by atoms with van der Waals surface area (Å²) in [5.41, 5.74) is 4.14. The highest BCUT2D eigenvalue weighted by atomic mass is 16.6. The molecule has 8 nitrogen and oxygen atoms in total. The Balaban J connectivity index is 2.71. The van der Waals surface area contributed by atoms with Gasteiger partial charge in [0.05, 0.1) is 6.20 Å². The first-order chi connectivity index (χ1) is 7.50. The number of nitrogens with two attached hydrogens (primary N) is 1. The molecule has 4 N–H and O–H groups in total. The Morgan fingerprint density at radius 1 is 1.69 bits per heavy atom. The van der Waals surface area contributed by atoms with E-state index in [1.165, 1.54) is 0 Å². The Bertz CT molecular complexity index is 479. The number of amides is 1. The van der Waals surface area contributed by atoms with Crippen LogP contribution in [0.4, 0.5) is 0 Å². The molecule has 0 bridgehead atoms. The van der Waals surface area contributed by atoms with Crippen molar-refractivity contribution in [3.05, 3.63) is 28.2 Å². The molecule has 1 aromatic rings. The van der Waals surface area contributed by atoms with Gasteiger partial charge >= 0.3 is 0 Å². The van der Waals surface area contributed by atoms with Crippen LogP contribution in [0.5, 0.6) is 5.75 Å². The summed E-state index contributed by atoms with van der Waals surface area (Å²) >= 11 is 0. The van der Waals surface area contributed by atoms with Crippen LogP contribution in [0.3, 0.4) is 0 Å². The van der Waals surface area contributed by atoms with E-state index in [1.807, 2.05) is 0 Å². The van der Waals surface area contributed by atoms with Gasteiger partial charge in [0.2, 0.25) is 5.43 Å². The number of aromatic nitrogens is 1. The topological polar surface area (TPSA) is 127 Å². The second kappa shape index (κ2) is 4.82. The third-order valence-electron chi connectivity index (χ3n) is 1.56. The lowest BCUT2D eigenvalue weighted by molar-refractivity contribution is -0.111. The van der Waals surface area contributed by atoms with Crippen molar-refractivity contribution in [3.8, 4) is 5.75 Å². The number of pyridine rings is 1. The molecule has 0 aliphatic carbocycles. The number of carbonyl (C=O) groups excluding carboxylic acids is 1. The highest BCUT2D eigenvalue weighted by Gasteiger charge is 2.04. The summed E-state index contributed by atoms with van der Waals surface area (Å²) in [6, 6.07) is 0.967. The number of hydrogen-bond donors (Lipinski definition) is 3. The molecule has 1 heterocycles. The van der Waals surface area contributed by atoms with Crippen molar-refractivity contribution in [2.24, 2.45) is 10.9 Å². The smallest absolute Gasteiger partial charge is 0.263 e. The van der Waals surface area contributed by atoms with Crippen LogP contribution in [0.25, 0.3) is 0 Å². The Kier molecular flexibility index (Phi) is 3.49. The fraction of sp³-hybridized carbons (Fsp3) is 0.125. The Morgan fingerprint density at radius 3 is 3.00 bits per heavy atom. The van der Waals surface area contributed by atoms with Gasteiger partial charge in [-0.3, -0.25) is 9.59 Å². The lowest BCUT2D eigenvalue weighted by Crippen LogP contribution is -2.12. The van der Waals surface area contributed by atoms with E-state index in [1.54, 1.807) is 0 Å². The van der Waals surface area contributed by atoms with Crippen LogP contribution in [-0.2, 0) is 16.2 Å². The van der Waals surface area contributed by atoms with Crippen LogP contribution in [-0.4, -0.2) is 27.2 Å². The number of rotatable bonds is 4. The standard InChI is InChI=1S/C8H9N3O5/c9-8(14)2-10-16-4-5-1-6(12)7(13)3-11(5)15/h1-3,13,15H,4H2,(H2,9,14)/b10-2-. The first-order valence-corrected chi connectivity index (χ1v) is 4.09. The maximum atomic E-state index is 11.0. The van der Waals surface area contributed by atoms with Gasteiger partial charge in [-0.25, -0.2) is 0 Å². The molecule has 0 spiro atoms. The van der Waals surface area contributed by atoms with Crippen molar-refractivity contribution in [3.63, 3.8) is 0 Å². The quantitative estimate of drug-likeness (QED) is 0.337. The molecular weight excluding hydrogens is 218 g/mol. The number of primary amides is 1. The largest absolute Gasteiger partial charge is 0.503 e. The average Bonchev–Trinajstić information content (AvgIpc) is 2.19. The highest BCUT2D eigenvalue weighted by Crippen LogP contribution is 2.03. The van der Waals surface area contributed by atoms with E-state index in [-0.39, 0.29) is 12.3 Å². The molecule has 0 unspecified atom stereocenters. The summed E-state index contributed by atoms with van der Waals surface area (Å²) in [5.74, 6) is -1.38. The molecule has 0 aromatic carbocycles. The van der Waals surface area contributed by atoms with Gasteiger partial charge in [0.15, 0.2) is 12.4 Å². The van der Waals surface area contributed by atoms with Gasteiger partial charge < -0.3 is 20.9 Å². The van der Waals surface area contributed by atoms with E-state index in [2.05, 4.69) is 9.99 Å². The monoisotopic (exact) mass is 227 g/mol. The summed E-state index contributed by atoms with van der Waals surface area (Å²) in [6.45, 7) is -0.254. The van der Waals surface area contributed by atoms with Crippen molar-refractivity contribution in [1.29, 1.82) is 0 Å².